The molecule has 2 aliphatic rings. The van der Waals surface area contributed by atoms with Gasteiger partial charge in [-0.05, 0) is 40.3 Å². The summed E-state index contributed by atoms with van der Waals surface area (Å²) in [4.78, 5) is 2.06. The Morgan fingerprint density at radius 1 is 1.00 bits per heavy atom. The highest BCUT2D eigenvalue weighted by Crippen LogP contribution is 2.37. The van der Waals surface area contributed by atoms with Crippen LogP contribution in [0.5, 0.6) is 0 Å². The van der Waals surface area contributed by atoms with Crippen LogP contribution in [0, 0.1) is 0 Å². The molecule has 2 saturated heterocycles. The lowest BCUT2D eigenvalue weighted by atomic mass is 10.1. The number of ether oxygens (including phenoxy) is 3. The maximum atomic E-state index is 6.10. The van der Waals surface area contributed by atoms with Gasteiger partial charge in [-0.1, -0.05) is 30.3 Å². The van der Waals surface area contributed by atoms with Gasteiger partial charge in [0.25, 0.3) is 0 Å². The van der Waals surface area contributed by atoms with Gasteiger partial charge in [0.15, 0.2) is 5.82 Å². The fourth-order valence-corrected chi connectivity index (χ4v) is 4.09. The molecule has 3 heterocycles. The molecule has 2 aliphatic heterocycles. The molecule has 0 amide bonds. The average Bonchev–Trinajstić information content (AvgIpc) is 3.50. The lowest BCUT2D eigenvalue weighted by Crippen LogP contribution is -2.32. The molecule has 3 aromatic rings. The summed E-state index contributed by atoms with van der Waals surface area (Å²) in [6.45, 7) is 1.54. The Kier molecular flexibility index (Phi) is 5.20. The number of hydrogen-bond acceptors (Lipinski definition) is 7. The summed E-state index contributed by atoms with van der Waals surface area (Å²) in [5.74, 6) is 0.715. The van der Waals surface area contributed by atoms with Crippen LogP contribution in [-0.4, -0.2) is 65.8 Å². The van der Waals surface area contributed by atoms with Crippen molar-refractivity contribution in [1.82, 2.24) is 20.2 Å². The van der Waals surface area contributed by atoms with E-state index in [9.17, 15) is 0 Å². The first-order valence-corrected chi connectivity index (χ1v) is 10.1. The number of tetrazole rings is 1. The molecule has 8 heteroatoms. The second-order valence-corrected chi connectivity index (χ2v) is 7.89. The van der Waals surface area contributed by atoms with Gasteiger partial charge in [-0.25, -0.2) is 4.68 Å². The van der Waals surface area contributed by atoms with Gasteiger partial charge in [-0.3, -0.25) is 0 Å². The van der Waals surface area contributed by atoms with Crippen molar-refractivity contribution >= 4 is 5.69 Å². The van der Waals surface area contributed by atoms with Crippen molar-refractivity contribution in [2.24, 2.45) is 0 Å². The largest absolute Gasteiger partial charge is 0.378 e. The molecule has 1 aromatic heterocycles. The normalized spacial score (nSPS) is 25.4. The van der Waals surface area contributed by atoms with Crippen molar-refractivity contribution in [3.05, 3.63) is 60.2 Å². The fourth-order valence-electron chi connectivity index (χ4n) is 4.09. The molecule has 156 valence electrons. The molecule has 2 aromatic carbocycles. The van der Waals surface area contributed by atoms with Crippen LogP contribution in [0.25, 0.3) is 11.4 Å². The molecule has 0 spiro atoms. The highest BCUT2D eigenvalue weighted by molar-refractivity contribution is 5.60. The molecule has 30 heavy (non-hydrogen) atoms. The van der Waals surface area contributed by atoms with Crippen LogP contribution in [0.1, 0.15) is 11.6 Å². The lowest BCUT2D eigenvalue weighted by molar-refractivity contribution is -0.0399. The topological polar surface area (TPSA) is 74.5 Å². The third-order valence-electron chi connectivity index (χ3n) is 5.74. The fraction of sp³-hybridized carbons (Fsp3) is 0.409. The molecule has 0 aliphatic carbocycles. The van der Waals surface area contributed by atoms with E-state index in [0.717, 1.165) is 16.8 Å². The zero-order valence-corrected chi connectivity index (χ0v) is 17.1. The van der Waals surface area contributed by atoms with Crippen LogP contribution in [0.2, 0.25) is 0 Å². The zero-order valence-electron chi connectivity index (χ0n) is 17.1. The predicted octanol–water partition coefficient (Wildman–Crippen LogP) is 2.33. The van der Waals surface area contributed by atoms with Gasteiger partial charge >= 0.3 is 0 Å². The van der Waals surface area contributed by atoms with Crippen LogP contribution in [-0.2, 0) is 20.8 Å². The quantitative estimate of drug-likeness (QED) is 0.621. The lowest BCUT2D eigenvalue weighted by Gasteiger charge is -2.18. The maximum absolute atomic E-state index is 6.10. The van der Waals surface area contributed by atoms with E-state index >= 15 is 0 Å². The molecular formula is C22H25N5O3. The minimum Gasteiger partial charge on any atom is -0.378 e. The number of anilines is 1. The summed E-state index contributed by atoms with van der Waals surface area (Å²) in [6.07, 6.45) is -0.347. The molecule has 4 unspecified atom stereocenters. The van der Waals surface area contributed by atoms with Crippen LogP contribution in [0.4, 0.5) is 5.69 Å². The first-order chi connectivity index (χ1) is 14.7. The van der Waals surface area contributed by atoms with Crippen LogP contribution >= 0.6 is 0 Å². The van der Waals surface area contributed by atoms with Crippen molar-refractivity contribution in [2.45, 2.75) is 31.0 Å². The third-order valence-corrected chi connectivity index (χ3v) is 5.74. The van der Waals surface area contributed by atoms with E-state index < -0.39 is 0 Å². The smallest absolute Gasteiger partial charge is 0.182 e. The Labute approximate surface area is 175 Å². The van der Waals surface area contributed by atoms with E-state index in [1.807, 2.05) is 49.1 Å². The van der Waals surface area contributed by atoms with Crippen molar-refractivity contribution in [1.29, 1.82) is 0 Å². The van der Waals surface area contributed by atoms with Gasteiger partial charge in [-0.2, -0.15) is 0 Å². The van der Waals surface area contributed by atoms with E-state index in [2.05, 4.69) is 44.7 Å². The minimum absolute atomic E-state index is 0.0844. The second-order valence-electron chi connectivity index (χ2n) is 7.89. The number of rotatable bonds is 6. The zero-order chi connectivity index (χ0) is 20.5. The number of fused-ring (bicyclic) bond motifs is 1. The standard InChI is InChI=1S/C22H25N5O3/c1-26(2)17-10-8-16(9-11-17)22-23-24-25-27(22)18-13-29-21-19(14-30-20(18)21)28-12-15-6-4-3-5-7-15/h3-11,18-21H,12-14H2,1-2H3. The van der Waals surface area contributed by atoms with E-state index in [1.54, 1.807) is 0 Å². The van der Waals surface area contributed by atoms with Crippen molar-refractivity contribution < 1.29 is 14.2 Å². The number of aromatic nitrogens is 4. The Bertz CT molecular complexity index is 976. The molecule has 5 rings (SSSR count). The molecule has 2 fully saturated rings. The van der Waals surface area contributed by atoms with Gasteiger partial charge in [0.2, 0.25) is 0 Å². The first kappa shape index (κ1) is 19.2. The molecule has 0 saturated carbocycles. The van der Waals surface area contributed by atoms with Crippen LogP contribution in [0.3, 0.4) is 0 Å². The van der Waals surface area contributed by atoms with Crippen LogP contribution < -0.4 is 4.90 Å². The van der Waals surface area contributed by atoms with E-state index in [1.165, 1.54) is 0 Å². The van der Waals surface area contributed by atoms with E-state index in [4.69, 9.17) is 14.2 Å². The molecular weight excluding hydrogens is 382 g/mol. The molecule has 8 nitrogen and oxygen atoms in total. The van der Waals surface area contributed by atoms with Gasteiger partial charge in [0.1, 0.15) is 24.4 Å². The maximum Gasteiger partial charge on any atom is 0.182 e. The number of nitrogens with zero attached hydrogens (tertiary/aromatic N) is 5. The number of hydrogen-bond donors (Lipinski definition) is 0. The molecule has 4 atom stereocenters. The molecule has 0 radical (unpaired) electrons. The number of benzene rings is 2. The first-order valence-electron chi connectivity index (χ1n) is 10.1. The summed E-state index contributed by atoms with van der Waals surface area (Å²) in [6, 6.07) is 18.2. The Balaban J connectivity index is 1.30. The Morgan fingerprint density at radius 3 is 2.53 bits per heavy atom. The van der Waals surface area contributed by atoms with Crippen molar-refractivity contribution in [3.8, 4) is 11.4 Å². The molecule has 0 bridgehead atoms. The van der Waals surface area contributed by atoms with Gasteiger partial charge < -0.3 is 19.1 Å². The minimum atomic E-state index is -0.130. The summed E-state index contributed by atoms with van der Waals surface area (Å²) in [5, 5.41) is 12.4. The Hall–Kier alpha value is -2.81. The monoisotopic (exact) mass is 407 g/mol. The summed E-state index contributed by atoms with van der Waals surface area (Å²) >= 11 is 0. The third kappa shape index (κ3) is 3.58. The predicted molar refractivity (Wildman–Crippen MR) is 111 cm³/mol. The second kappa shape index (κ2) is 8.14. The average molecular weight is 407 g/mol. The van der Waals surface area contributed by atoms with E-state index in [0.29, 0.717) is 25.6 Å². The van der Waals surface area contributed by atoms with Crippen molar-refractivity contribution in [2.75, 3.05) is 32.2 Å². The summed E-state index contributed by atoms with van der Waals surface area (Å²) in [5.41, 5.74) is 3.22. The molecule has 0 N–H and O–H groups in total. The van der Waals surface area contributed by atoms with Crippen LogP contribution in [0.15, 0.2) is 54.6 Å². The van der Waals surface area contributed by atoms with Gasteiger partial charge in [0.05, 0.1) is 19.8 Å². The van der Waals surface area contributed by atoms with Gasteiger partial charge in [0, 0.05) is 25.3 Å². The highest BCUT2D eigenvalue weighted by atomic mass is 16.6. The SMILES string of the molecule is CN(C)c1ccc(-c2nnnn2C2COC3C(OCc4ccccc4)COC32)cc1. The summed E-state index contributed by atoms with van der Waals surface area (Å²) < 4.78 is 20.1. The highest BCUT2D eigenvalue weighted by Gasteiger charge is 2.50. The van der Waals surface area contributed by atoms with Crippen molar-refractivity contribution in [3.63, 3.8) is 0 Å². The summed E-state index contributed by atoms with van der Waals surface area (Å²) in [7, 11) is 4.03. The Morgan fingerprint density at radius 2 is 1.77 bits per heavy atom. The van der Waals surface area contributed by atoms with Gasteiger partial charge in [-0.15, -0.1) is 5.10 Å². The van der Waals surface area contributed by atoms with E-state index in [-0.39, 0.29) is 24.4 Å².